The van der Waals surface area contributed by atoms with Crippen LogP contribution in [-0.4, -0.2) is 155 Å². The number of nitrogens with one attached hydrogen (secondary N) is 4. The molecule has 0 saturated carbocycles. The molecule has 3 saturated heterocycles. The molecule has 5 rings (SSSR count). The number of unbranched alkanes of at least 4 members (excludes halogenated alkanes) is 2. The van der Waals surface area contributed by atoms with Gasteiger partial charge in [-0.25, -0.2) is 14.4 Å². The number of hydrogen-bond acceptors (Lipinski definition) is 13. The molecule has 22 heteroatoms. The number of likely N-dealkylation sites (N-methyl/N-ethyl adjacent to an activating group) is 1. The van der Waals surface area contributed by atoms with Crippen LogP contribution < -0.4 is 27.0 Å². The molecule has 1 aromatic rings. The zero-order valence-corrected chi connectivity index (χ0v) is 48.7. The fraction of sp³-hybridized carbons (Fsp3) is 0.644. The van der Waals surface area contributed by atoms with Gasteiger partial charge < -0.3 is 60.9 Å². The van der Waals surface area contributed by atoms with Crippen molar-refractivity contribution in [3.63, 3.8) is 0 Å². The van der Waals surface area contributed by atoms with E-state index in [-0.39, 0.29) is 112 Å². The van der Waals surface area contributed by atoms with E-state index < -0.39 is 66.4 Å². The van der Waals surface area contributed by atoms with Crippen molar-refractivity contribution in [1.82, 2.24) is 30.7 Å². The van der Waals surface area contributed by atoms with Crippen LogP contribution in [-0.2, 0) is 54.3 Å². The quantitative estimate of drug-likeness (QED) is 0.0202. The lowest BCUT2D eigenvalue weighted by molar-refractivity contribution is -0.151. The second kappa shape index (κ2) is 30.9. The highest BCUT2D eigenvalue weighted by Gasteiger charge is 2.54. The normalized spacial score (nSPS) is 24.1. The molecule has 1 unspecified atom stereocenters. The van der Waals surface area contributed by atoms with Gasteiger partial charge in [-0.05, 0) is 99.8 Å². The van der Waals surface area contributed by atoms with Crippen LogP contribution in [0.5, 0.6) is 0 Å². The molecule has 7 N–H and O–H groups in total. The van der Waals surface area contributed by atoms with Crippen molar-refractivity contribution in [2.45, 2.75) is 187 Å². The summed E-state index contributed by atoms with van der Waals surface area (Å²) in [6.45, 7) is 17.0. The molecule has 0 aromatic heterocycles. The SMILES string of the molecule is CCC[C@@H](C)[C@H]1O[C@]1(C)C[C@H](C)/C=C/C=C(\C)[C@H]1O[C@@H](CC(=O)O)C[C@@H](OC(=O)N2CCC(N(C)C(=O)OCc3ccc(NC(=O)[C@@H](CCCNC(N)=O)NC(=O)[C@H](NC(=O)CCCCCN4C(=O)C=CC4=O)C(C)C)cc3)C2)[C@@H]1C. The monoisotopic (exact) mass is 1130 g/mol. The van der Waals surface area contributed by atoms with E-state index >= 15 is 0 Å². The standard InChI is InChI=1S/C59H88N8O14/c1-10-16-39(6)53-59(8,81-53)33-37(4)17-14-18-38(5)52-40(7)46(31-44(79-52)32-50(71)72)80-58(77)66-30-27-43(34-66)65(9)57(76)78-35-41-21-23-42(24-22-41)62-54(73)45(19-15-28-61-56(60)75)63-55(74)51(36(2)3)64-47(68)20-12-11-13-29-67-48(69)25-26-49(67)70/h14,17-18,21-26,36-37,39-40,43-46,51-53H,10-13,15-16,19-20,27-35H2,1-9H3,(H,62,73)(H,63,74)(H,64,68)(H,71,72)(H3,60,61,75)/b17-14+,38-18+/t37-,39-,40+,43?,44-,45-,46-,51-,52-,53-,59-/m1/s1. The summed E-state index contributed by atoms with van der Waals surface area (Å²) >= 11 is 0. The average Bonchev–Trinajstić information content (AvgIpc) is 3.86. The molecule has 81 heavy (non-hydrogen) atoms. The first-order chi connectivity index (χ1) is 38.4. The number of carbonyl (C=O) groups is 9. The van der Waals surface area contributed by atoms with E-state index in [0.717, 1.165) is 29.7 Å². The van der Waals surface area contributed by atoms with E-state index in [1.54, 1.807) is 50.1 Å². The summed E-state index contributed by atoms with van der Waals surface area (Å²) in [4.78, 5) is 118. The first-order valence-electron chi connectivity index (χ1n) is 28.7. The first-order valence-corrected chi connectivity index (χ1v) is 28.7. The van der Waals surface area contributed by atoms with Crippen LogP contribution in [0, 0.1) is 23.7 Å². The number of ether oxygens (including phenoxy) is 4. The highest BCUT2D eigenvalue weighted by atomic mass is 16.6. The van der Waals surface area contributed by atoms with Crippen LogP contribution in [0.1, 0.15) is 138 Å². The van der Waals surface area contributed by atoms with E-state index in [0.29, 0.717) is 49.4 Å². The van der Waals surface area contributed by atoms with Gasteiger partial charge in [0.05, 0.1) is 36.4 Å². The van der Waals surface area contributed by atoms with Gasteiger partial charge in [0.15, 0.2) is 0 Å². The molecule has 3 fully saturated rings. The van der Waals surface area contributed by atoms with Crippen molar-refractivity contribution in [3.05, 3.63) is 65.8 Å². The number of rotatable bonds is 30. The van der Waals surface area contributed by atoms with Gasteiger partial charge in [-0.3, -0.25) is 33.7 Å². The van der Waals surface area contributed by atoms with Crippen LogP contribution in [0.2, 0.25) is 0 Å². The third-order valence-electron chi connectivity index (χ3n) is 15.6. The zero-order chi connectivity index (χ0) is 59.6. The Morgan fingerprint density at radius 3 is 2.32 bits per heavy atom. The summed E-state index contributed by atoms with van der Waals surface area (Å²) in [7, 11) is 1.60. The number of urea groups is 1. The largest absolute Gasteiger partial charge is 0.481 e. The van der Waals surface area contributed by atoms with Gasteiger partial charge in [-0.1, -0.05) is 84.7 Å². The van der Waals surface area contributed by atoms with Crippen LogP contribution in [0.25, 0.3) is 0 Å². The zero-order valence-electron chi connectivity index (χ0n) is 48.7. The van der Waals surface area contributed by atoms with E-state index in [2.05, 4.69) is 55.0 Å². The lowest BCUT2D eigenvalue weighted by Gasteiger charge is -2.40. The Bertz CT molecular complexity index is 2450. The lowest BCUT2D eigenvalue weighted by atomic mass is 9.85. The molecule has 4 aliphatic heterocycles. The number of carboxylic acid groups (broad SMARTS) is 1. The van der Waals surface area contributed by atoms with Gasteiger partial charge in [-0.15, -0.1) is 0 Å². The lowest BCUT2D eigenvalue weighted by Crippen LogP contribution is -2.54. The number of amides is 9. The topological polar surface area (TPSA) is 298 Å². The minimum atomic E-state index is -1.07. The molecule has 11 atom stereocenters. The number of carbonyl (C=O) groups excluding carboxylic acids is 8. The number of primary amides is 1. The molecule has 1 aromatic carbocycles. The van der Waals surface area contributed by atoms with E-state index in [1.165, 1.54) is 17.1 Å². The van der Waals surface area contributed by atoms with Gasteiger partial charge in [-0.2, -0.15) is 0 Å². The van der Waals surface area contributed by atoms with Gasteiger partial charge in [0.25, 0.3) is 11.8 Å². The number of nitrogens with two attached hydrogens (primary N) is 1. The van der Waals surface area contributed by atoms with Crippen molar-refractivity contribution in [2.75, 3.05) is 38.5 Å². The van der Waals surface area contributed by atoms with Crippen LogP contribution in [0.4, 0.5) is 20.1 Å². The molecule has 4 heterocycles. The smallest absolute Gasteiger partial charge is 0.410 e. The van der Waals surface area contributed by atoms with Crippen molar-refractivity contribution in [2.24, 2.45) is 29.4 Å². The molecule has 0 radical (unpaired) electrons. The third kappa shape index (κ3) is 20.0. The number of anilines is 1. The van der Waals surface area contributed by atoms with Gasteiger partial charge in [0, 0.05) is 69.8 Å². The maximum absolute atomic E-state index is 13.7. The fourth-order valence-corrected chi connectivity index (χ4v) is 11.0. The summed E-state index contributed by atoms with van der Waals surface area (Å²) in [5, 5.41) is 20.5. The minimum Gasteiger partial charge on any atom is -0.481 e. The maximum atomic E-state index is 13.7. The summed E-state index contributed by atoms with van der Waals surface area (Å²) in [6, 6.07) is 3.42. The van der Waals surface area contributed by atoms with Gasteiger partial charge in [0.1, 0.15) is 24.8 Å². The Kier molecular flexibility index (Phi) is 24.8. The molecular weight excluding hydrogens is 1040 g/mol. The predicted molar refractivity (Wildman–Crippen MR) is 302 cm³/mol. The van der Waals surface area contributed by atoms with Gasteiger partial charge >= 0.3 is 24.2 Å². The fourth-order valence-electron chi connectivity index (χ4n) is 11.0. The number of hydrogen-bond donors (Lipinski definition) is 6. The van der Waals surface area contributed by atoms with Crippen LogP contribution >= 0.6 is 0 Å². The summed E-state index contributed by atoms with van der Waals surface area (Å²) < 4.78 is 24.2. The third-order valence-corrected chi connectivity index (χ3v) is 15.6. The number of likely N-dealkylation sites (tertiary alicyclic amines) is 1. The van der Waals surface area contributed by atoms with Gasteiger partial charge in [0.2, 0.25) is 17.7 Å². The molecule has 448 valence electrons. The average molecular weight is 1130 g/mol. The van der Waals surface area contributed by atoms with Crippen molar-refractivity contribution in [3.8, 4) is 0 Å². The number of imide groups is 1. The second-order valence-electron chi connectivity index (χ2n) is 22.9. The molecule has 0 bridgehead atoms. The number of allylic oxidation sites excluding steroid dienone is 3. The second-order valence-corrected chi connectivity index (χ2v) is 22.9. The van der Waals surface area contributed by atoms with Crippen LogP contribution in [0.3, 0.4) is 0 Å². The number of aliphatic carboxylic acids is 1. The number of nitrogens with zero attached hydrogens (tertiary/aromatic N) is 3. The van der Waals surface area contributed by atoms with E-state index in [1.807, 2.05) is 26.0 Å². The molecule has 0 spiro atoms. The Labute approximate surface area is 476 Å². The summed E-state index contributed by atoms with van der Waals surface area (Å²) in [5.41, 5.74) is 6.98. The molecule has 0 aliphatic carbocycles. The molecule has 22 nitrogen and oxygen atoms in total. The Hall–Kier alpha value is -6.81. The number of carboxylic acids is 1. The Balaban J connectivity index is 1.08. The number of benzene rings is 1. The molecule has 4 aliphatic rings. The Morgan fingerprint density at radius 1 is 0.963 bits per heavy atom. The summed E-state index contributed by atoms with van der Waals surface area (Å²) in [5.74, 6) is -3.07. The summed E-state index contributed by atoms with van der Waals surface area (Å²) in [6.07, 6.45) is 11.6. The van der Waals surface area contributed by atoms with E-state index in [4.69, 9.17) is 24.7 Å². The predicted octanol–water partition coefficient (Wildman–Crippen LogP) is 6.72. The highest BCUT2D eigenvalue weighted by Crippen LogP contribution is 2.47. The molecular formula is C59H88N8O14. The Morgan fingerprint density at radius 2 is 1.67 bits per heavy atom. The van der Waals surface area contributed by atoms with Crippen LogP contribution in [0.15, 0.2) is 60.2 Å². The highest BCUT2D eigenvalue weighted by molar-refractivity contribution is 6.12. The minimum absolute atomic E-state index is 0.0989. The van der Waals surface area contributed by atoms with E-state index in [9.17, 15) is 48.3 Å². The van der Waals surface area contributed by atoms with Crippen molar-refractivity contribution >= 4 is 59.4 Å². The van der Waals surface area contributed by atoms with Crippen molar-refractivity contribution in [1.29, 1.82) is 0 Å². The van der Waals surface area contributed by atoms with Crippen molar-refractivity contribution < 1.29 is 67.2 Å². The molecule has 9 amide bonds. The maximum Gasteiger partial charge on any atom is 0.410 e. The first kappa shape index (κ1) is 65.0. The number of epoxide rings is 1.